The van der Waals surface area contributed by atoms with Gasteiger partial charge in [0.1, 0.15) is 0 Å². The molecule has 2 N–H and O–H groups in total. The molecule has 4 nitrogen and oxygen atoms in total. The Bertz CT molecular complexity index is 424. The van der Waals surface area contributed by atoms with Crippen LogP contribution in [0.15, 0.2) is 24.3 Å². The van der Waals surface area contributed by atoms with E-state index in [1.807, 2.05) is 18.2 Å². The van der Waals surface area contributed by atoms with Crippen molar-refractivity contribution in [2.45, 2.75) is 26.2 Å². The molecular weight excluding hydrogens is 240 g/mol. The zero-order valence-electron chi connectivity index (χ0n) is 12.2. The Balaban J connectivity index is 2.76. The molecule has 0 bridgehead atoms. The number of anilines is 1. The highest BCUT2D eigenvalue weighted by Crippen LogP contribution is 2.25. The lowest BCUT2D eigenvalue weighted by Gasteiger charge is -2.23. The smallest absolute Gasteiger partial charge is 0.240 e. The first-order valence-electron chi connectivity index (χ1n) is 6.55. The minimum atomic E-state index is -0.0143. The molecule has 1 amide bonds. The molecule has 4 heteroatoms. The lowest BCUT2D eigenvalue weighted by atomic mass is 9.87. The predicted octanol–water partition coefficient (Wildman–Crippen LogP) is 1.53. The number of carbonyl (C=O) groups excluding carboxylic acids is 1. The van der Waals surface area contributed by atoms with Crippen molar-refractivity contribution in [3.8, 4) is 0 Å². The summed E-state index contributed by atoms with van der Waals surface area (Å²) in [6, 6.07) is 8.02. The molecule has 0 spiro atoms. The number of nitrogens with one attached hydrogen (secondary N) is 1. The van der Waals surface area contributed by atoms with Crippen molar-refractivity contribution in [1.82, 2.24) is 5.32 Å². The van der Waals surface area contributed by atoms with E-state index < -0.39 is 0 Å². The van der Waals surface area contributed by atoms with Crippen LogP contribution in [0.2, 0.25) is 0 Å². The maximum absolute atomic E-state index is 12.0. The topological polar surface area (TPSA) is 52.6 Å². The minimum Gasteiger partial charge on any atom is -0.395 e. The highest BCUT2D eigenvalue weighted by molar-refractivity contribution is 5.94. The van der Waals surface area contributed by atoms with Gasteiger partial charge in [0.25, 0.3) is 0 Å². The van der Waals surface area contributed by atoms with Gasteiger partial charge in [-0.3, -0.25) is 4.79 Å². The first kappa shape index (κ1) is 15.7. The summed E-state index contributed by atoms with van der Waals surface area (Å²) >= 11 is 0. The Hall–Kier alpha value is -1.39. The maximum atomic E-state index is 12.0. The second kappa shape index (κ2) is 6.68. The first-order chi connectivity index (χ1) is 8.86. The first-order valence-corrected chi connectivity index (χ1v) is 6.55. The molecule has 0 heterocycles. The summed E-state index contributed by atoms with van der Waals surface area (Å²) in [7, 11) is 1.77. The van der Waals surface area contributed by atoms with E-state index >= 15 is 0 Å². The fourth-order valence-corrected chi connectivity index (χ4v) is 1.72. The van der Waals surface area contributed by atoms with Crippen LogP contribution in [0.5, 0.6) is 0 Å². The SMILES string of the molecule is CN(C(=O)CNCCO)c1cccc(C(C)(C)C)c1. The number of aliphatic hydroxyl groups is 1. The fraction of sp³-hybridized carbons (Fsp3) is 0.533. The third-order valence-electron chi connectivity index (χ3n) is 3.04. The summed E-state index contributed by atoms with van der Waals surface area (Å²) in [6.45, 7) is 7.15. The van der Waals surface area contributed by atoms with Crippen molar-refractivity contribution in [3.63, 3.8) is 0 Å². The van der Waals surface area contributed by atoms with Crippen molar-refractivity contribution in [3.05, 3.63) is 29.8 Å². The molecular formula is C15H24N2O2. The number of aliphatic hydroxyl groups excluding tert-OH is 1. The van der Waals surface area contributed by atoms with Crippen LogP contribution in [0.1, 0.15) is 26.3 Å². The van der Waals surface area contributed by atoms with Crippen molar-refractivity contribution < 1.29 is 9.90 Å². The molecule has 0 saturated carbocycles. The Morgan fingerprint density at radius 1 is 1.37 bits per heavy atom. The van der Waals surface area contributed by atoms with E-state index in [0.29, 0.717) is 6.54 Å². The van der Waals surface area contributed by atoms with Crippen molar-refractivity contribution >= 4 is 11.6 Å². The fourth-order valence-electron chi connectivity index (χ4n) is 1.72. The van der Waals surface area contributed by atoms with Crippen LogP contribution in [0.4, 0.5) is 5.69 Å². The maximum Gasteiger partial charge on any atom is 0.240 e. The highest BCUT2D eigenvalue weighted by Gasteiger charge is 2.16. The van der Waals surface area contributed by atoms with Gasteiger partial charge >= 0.3 is 0 Å². The van der Waals surface area contributed by atoms with E-state index in [1.165, 1.54) is 5.56 Å². The summed E-state index contributed by atoms with van der Waals surface area (Å²) in [4.78, 5) is 13.6. The van der Waals surface area contributed by atoms with Gasteiger partial charge in [-0.25, -0.2) is 0 Å². The molecule has 1 aromatic carbocycles. The number of hydrogen-bond acceptors (Lipinski definition) is 3. The Labute approximate surface area is 115 Å². The van der Waals surface area contributed by atoms with Crippen LogP contribution in [-0.2, 0) is 10.2 Å². The van der Waals surface area contributed by atoms with E-state index in [9.17, 15) is 4.79 Å². The monoisotopic (exact) mass is 264 g/mol. The molecule has 0 unspecified atom stereocenters. The van der Waals surface area contributed by atoms with Crippen LogP contribution in [0, 0.1) is 0 Å². The number of likely N-dealkylation sites (N-methyl/N-ethyl adjacent to an activating group) is 1. The van der Waals surface area contributed by atoms with Crippen LogP contribution in [-0.4, -0.2) is 37.8 Å². The molecule has 0 saturated heterocycles. The average molecular weight is 264 g/mol. The van der Waals surface area contributed by atoms with Gasteiger partial charge in [0.2, 0.25) is 5.91 Å². The van der Waals surface area contributed by atoms with Crippen molar-refractivity contribution in [1.29, 1.82) is 0 Å². The molecule has 0 aliphatic rings. The van der Waals surface area contributed by atoms with Crippen LogP contribution in [0.25, 0.3) is 0 Å². The van der Waals surface area contributed by atoms with Crippen molar-refractivity contribution in [2.24, 2.45) is 0 Å². The van der Waals surface area contributed by atoms with E-state index in [2.05, 4.69) is 32.2 Å². The highest BCUT2D eigenvalue weighted by atomic mass is 16.3. The van der Waals surface area contributed by atoms with E-state index in [-0.39, 0.29) is 24.5 Å². The molecule has 1 rings (SSSR count). The third-order valence-corrected chi connectivity index (χ3v) is 3.04. The van der Waals surface area contributed by atoms with Gasteiger partial charge in [-0.2, -0.15) is 0 Å². The second-order valence-corrected chi connectivity index (χ2v) is 5.65. The standard InChI is InChI=1S/C15H24N2O2/c1-15(2,3)12-6-5-7-13(10-12)17(4)14(19)11-16-8-9-18/h5-7,10,16,18H,8-9,11H2,1-4H3. The molecule has 106 valence electrons. The molecule has 0 aliphatic heterocycles. The van der Waals surface area contributed by atoms with E-state index in [0.717, 1.165) is 5.69 Å². The normalized spacial score (nSPS) is 11.4. The summed E-state index contributed by atoms with van der Waals surface area (Å²) in [5.41, 5.74) is 2.16. The van der Waals surface area contributed by atoms with Gasteiger partial charge in [0, 0.05) is 19.3 Å². The summed E-state index contributed by atoms with van der Waals surface area (Å²) in [5, 5.41) is 11.6. The van der Waals surface area contributed by atoms with Gasteiger partial charge in [-0.05, 0) is 23.1 Å². The van der Waals surface area contributed by atoms with Gasteiger partial charge in [0.15, 0.2) is 0 Å². The van der Waals surface area contributed by atoms with Gasteiger partial charge < -0.3 is 15.3 Å². The predicted molar refractivity (Wildman–Crippen MR) is 78.5 cm³/mol. The number of benzene rings is 1. The Kier molecular flexibility index (Phi) is 5.51. The zero-order valence-corrected chi connectivity index (χ0v) is 12.2. The van der Waals surface area contributed by atoms with Gasteiger partial charge in [-0.1, -0.05) is 32.9 Å². The summed E-state index contributed by atoms with van der Waals surface area (Å²) in [6.07, 6.45) is 0. The minimum absolute atomic E-state index is 0.0143. The number of rotatable bonds is 5. The van der Waals surface area contributed by atoms with Crippen LogP contribution >= 0.6 is 0 Å². The van der Waals surface area contributed by atoms with Gasteiger partial charge in [-0.15, -0.1) is 0 Å². The Morgan fingerprint density at radius 2 is 2.05 bits per heavy atom. The van der Waals surface area contributed by atoms with Crippen LogP contribution in [0.3, 0.4) is 0 Å². The van der Waals surface area contributed by atoms with Crippen molar-refractivity contribution in [2.75, 3.05) is 31.6 Å². The van der Waals surface area contributed by atoms with Gasteiger partial charge in [0.05, 0.1) is 13.2 Å². The molecule has 0 aliphatic carbocycles. The quantitative estimate of drug-likeness (QED) is 0.793. The molecule has 0 fully saturated rings. The number of amides is 1. The number of hydrogen-bond donors (Lipinski definition) is 2. The second-order valence-electron chi connectivity index (χ2n) is 5.65. The van der Waals surface area contributed by atoms with E-state index in [4.69, 9.17) is 5.11 Å². The van der Waals surface area contributed by atoms with E-state index in [1.54, 1.807) is 11.9 Å². The molecule has 0 atom stereocenters. The summed E-state index contributed by atoms with van der Waals surface area (Å²) in [5.74, 6) is -0.0143. The lowest BCUT2D eigenvalue weighted by Crippen LogP contribution is -2.36. The van der Waals surface area contributed by atoms with Crippen LogP contribution < -0.4 is 10.2 Å². The molecule has 0 radical (unpaired) electrons. The zero-order chi connectivity index (χ0) is 14.5. The number of nitrogens with zero attached hydrogens (tertiary/aromatic N) is 1. The Morgan fingerprint density at radius 3 is 2.63 bits per heavy atom. The molecule has 0 aromatic heterocycles. The molecule has 19 heavy (non-hydrogen) atoms. The molecule has 1 aromatic rings. The lowest BCUT2D eigenvalue weighted by molar-refractivity contribution is -0.117. The third kappa shape index (κ3) is 4.65. The largest absolute Gasteiger partial charge is 0.395 e. The number of carbonyl (C=O) groups is 1. The average Bonchev–Trinajstić information content (AvgIpc) is 2.37. The summed E-state index contributed by atoms with van der Waals surface area (Å²) < 4.78 is 0.